The fourth-order valence-corrected chi connectivity index (χ4v) is 1.47. The number of nitrogens with one attached hydrogen (secondary N) is 1. The molecule has 1 rings (SSSR count). The molecule has 0 fully saturated rings. The van der Waals surface area contributed by atoms with Crippen LogP contribution in [0.15, 0.2) is 24.3 Å². The summed E-state index contributed by atoms with van der Waals surface area (Å²) in [5.74, 6) is 0.638. The third kappa shape index (κ3) is 2.19. The van der Waals surface area contributed by atoms with Gasteiger partial charge in [-0.15, -0.1) is 0 Å². The summed E-state index contributed by atoms with van der Waals surface area (Å²) in [6.45, 7) is 4.92. The molecule has 68 valence electrons. The highest BCUT2D eigenvalue weighted by Gasteiger charge is 2.21. The van der Waals surface area contributed by atoms with Crippen LogP contribution in [0.1, 0.15) is 13.8 Å². The van der Waals surface area contributed by atoms with Crippen LogP contribution in [0.2, 0.25) is 0 Å². The minimum atomic E-state index is -0.411. The summed E-state index contributed by atoms with van der Waals surface area (Å²) in [5.41, 5.74) is 0. The van der Waals surface area contributed by atoms with Crippen LogP contribution in [0.25, 0.3) is 0 Å². The highest BCUT2D eigenvalue weighted by Crippen LogP contribution is 2.21. The maximum Gasteiger partial charge on any atom is 0.111 e. The lowest BCUT2D eigenvalue weighted by Gasteiger charge is -2.25. The van der Waals surface area contributed by atoms with Crippen LogP contribution in [-0.4, -0.2) is 17.9 Å². The average molecular weight is 167 g/mol. The number of aliphatic hydroxyl groups excluding tert-OH is 1. The lowest BCUT2D eigenvalue weighted by Crippen LogP contribution is -2.38. The predicted octanol–water partition coefficient (Wildman–Crippen LogP) is 1.29. The Kier molecular flexibility index (Phi) is 3.50. The molecule has 0 saturated carbocycles. The SMILES string of the molecule is CCNC(O)C1C=CC=C[C@@H]1C. The van der Waals surface area contributed by atoms with Gasteiger partial charge >= 0.3 is 0 Å². The summed E-state index contributed by atoms with van der Waals surface area (Å²) in [7, 11) is 0. The molecule has 0 bridgehead atoms. The molecule has 2 N–H and O–H groups in total. The van der Waals surface area contributed by atoms with Gasteiger partial charge in [0, 0.05) is 5.92 Å². The van der Waals surface area contributed by atoms with Gasteiger partial charge in [-0.05, 0) is 12.5 Å². The van der Waals surface area contributed by atoms with Gasteiger partial charge in [0.25, 0.3) is 0 Å². The fourth-order valence-electron chi connectivity index (χ4n) is 1.47. The Hall–Kier alpha value is -0.600. The van der Waals surface area contributed by atoms with Gasteiger partial charge in [-0.25, -0.2) is 0 Å². The lowest BCUT2D eigenvalue weighted by molar-refractivity contribution is 0.0815. The van der Waals surface area contributed by atoms with Crippen molar-refractivity contribution in [3.63, 3.8) is 0 Å². The summed E-state index contributed by atoms with van der Waals surface area (Å²) < 4.78 is 0. The summed E-state index contributed by atoms with van der Waals surface area (Å²) in [4.78, 5) is 0. The van der Waals surface area contributed by atoms with Crippen LogP contribution in [0.5, 0.6) is 0 Å². The van der Waals surface area contributed by atoms with Crippen molar-refractivity contribution >= 4 is 0 Å². The number of aliphatic hydroxyl groups is 1. The lowest BCUT2D eigenvalue weighted by atomic mass is 9.88. The molecule has 0 saturated heterocycles. The van der Waals surface area contributed by atoms with Gasteiger partial charge in [-0.2, -0.15) is 0 Å². The second-order valence-electron chi connectivity index (χ2n) is 3.21. The highest BCUT2D eigenvalue weighted by atomic mass is 16.3. The highest BCUT2D eigenvalue weighted by molar-refractivity contribution is 5.14. The summed E-state index contributed by atoms with van der Waals surface area (Å²) in [6.07, 6.45) is 7.78. The number of allylic oxidation sites excluding steroid dienone is 3. The molecule has 0 heterocycles. The first-order valence-electron chi connectivity index (χ1n) is 4.52. The Balaban J connectivity index is 2.50. The zero-order chi connectivity index (χ0) is 8.97. The fraction of sp³-hybridized carbons (Fsp3) is 0.600. The van der Waals surface area contributed by atoms with Gasteiger partial charge in [0.2, 0.25) is 0 Å². The molecule has 1 aliphatic rings. The largest absolute Gasteiger partial charge is 0.378 e. The van der Waals surface area contributed by atoms with Crippen molar-refractivity contribution in [2.45, 2.75) is 20.1 Å². The van der Waals surface area contributed by atoms with Gasteiger partial charge in [0.1, 0.15) is 6.23 Å². The molecule has 2 unspecified atom stereocenters. The van der Waals surface area contributed by atoms with E-state index in [0.29, 0.717) is 5.92 Å². The van der Waals surface area contributed by atoms with E-state index in [0.717, 1.165) is 6.54 Å². The Morgan fingerprint density at radius 1 is 1.42 bits per heavy atom. The van der Waals surface area contributed by atoms with Gasteiger partial charge in [-0.1, -0.05) is 38.2 Å². The Bertz CT molecular complexity index is 186. The van der Waals surface area contributed by atoms with Gasteiger partial charge < -0.3 is 5.11 Å². The Labute approximate surface area is 74.0 Å². The van der Waals surface area contributed by atoms with Crippen LogP contribution in [0.4, 0.5) is 0 Å². The first-order valence-corrected chi connectivity index (χ1v) is 4.52. The van der Waals surface area contributed by atoms with E-state index in [2.05, 4.69) is 24.4 Å². The molecule has 2 nitrogen and oxygen atoms in total. The molecule has 0 aromatic carbocycles. The van der Waals surface area contributed by atoms with Crippen molar-refractivity contribution < 1.29 is 5.11 Å². The molecule has 0 amide bonds. The van der Waals surface area contributed by atoms with Gasteiger partial charge in [-0.3, -0.25) is 5.32 Å². The predicted molar refractivity (Wildman–Crippen MR) is 50.6 cm³/mol. The van der Waals surface area contributed by atoms with E-state index in [9.17, 15) is 5.11 Å². The molecule has 2 heteroatoms. The Morgan fingerprint density at radius 2 is 2.08 bits per heavy atom. The molecule has 0 aliphatic heterocycles. The van der Waals surface area contributed by atoms with Gasteiger partial charge in [0.05, 0.1) is 0 Å². The van der Waals surface area contributed by atoms with Crippen LogP contribution in [0.3, 0.4) is 0 Å². The molecular weight excluding hydrogens is 150 g/mol. The number of rotatable bonds is 3. The second kappa shape index (κ2) is 4.43. The monoisotopic (exact) mass is 167 g/mol. The number of hydrogen-bond acceptors (Lipinski definition) is 2. The minimum Gasteiger partial charge on any atom is -0.378 e. The van der Waals surface area contributed by atoms with E-state index in [1.54, 1.807) is 0 Å². The first-order chi connectivity index (χ1) is 5.75. The van der Waals surface area contributed by atoms with E-state index < -0.39 is 6.23 Å². The molecular formula is C10H17NO. The van der Waals surface area contributed by atoms with E-state index >= 15 is 0 Å². The van der Waals surface area contributed by atoms with Crippen molar-refractivity contribution in [2.24, 2.45) is 11.8 Å². The standard InChI is InChI=1S/C10H17NO/c1-3-11-10(12)9-7-5-4-6-8(9)2/h4-12H,3H2,1-2H3/t8-,9?,10?/m0/s1. The normalized spacial score (nSPS) is 30.6. The summed E-state index contributed by atoms with van der Waals surface area (Å²) in [6, 6.07) is 0. The third-order valence-corrected chi connectivity index (χ3v) is 2.24. The van der Waals surface area contributed by atoms with Crippen molar-refractivity contribution in [2.75, 3.05) is 6.54 Å². The molecule has 12 heavy (non-hydrogen) atoms. The van der Waals surface area contributed by atoms with Crippen molar-refractivity contribution in [1.82, 2.24) is 5.32 Å². The van der Waals surface area contributed by atoms with Crippen molar-refractivity contribution in [3.8, 4) is 0 Å². The topological polar surface area (TPSA) is 32.3 Å². The van der Waals surface area contributed by atoms with Crippen LogP contribution in [-0.2, 0) is 0 Å². The molecule has 0 radical (unpaired) electrons. The molecule has 3 atom stereocenters. The molecule has 0 aromatic heterocycles. The number of hydrogen-bond donors (Lipinski definition) is 2. The zero-order valence-corrected chi connectivity index (χ0v) is 7.70. The maximum atomic E-state index is 9.65. The maximum absolute atomic E-state index is 9.65. The minimum absolute atomic E-state index is 0.218. The van der Waals surface area contributed by atoms with Crippen molar-refractivity contribution in [3.05, 3.63) is 24.3 Å². The molecule has 0 aromatic rings. The van der Waals surface area contributed by atoms with Crippen LogP contribution in [0, 0.1) is 11.8 Å². The van der Waals surface area contributed by atoms with E-state index in [4.69, 9.17) is 0 Å². The first kappa shape index (κ1) is 9.49. The smallest absolute Gasteiger partial charge is 0.111 e. The summed E-state index contributed by atoms with van der Waals surface area (Å²) >= 11 is 0. The van der Waals surface area contributed by atoms with Gasteiger partial charge in [0.15, 0.2) is 0 Å². The molecule has 0 spiro atoms. The van der Waals surface area contributed by atoms with E-state index in [1.165, 1.54) is 0 Å². The summed E-state index contributed by atoms with van der Waals surface area (Å²) in [5, 5.41) is 12.7. The van der Waals surface area contributed by atoms with Crippen molar-refractivity contribution in [1.29, 1.82) is 0 Å². The molecule has 1 aliphatic carbocycles. The van der Waals surface area contributed by atoms with Crippen LogP contribution >= 0.6 is 0 Å². The third-order valence-electron chi connectivity index (χ3n) is 2.24. The quantitative estimate of drug-likeness (QED) is 0.621. The van der Waals surface area contributed by atoms with Crippen LogP contribution < -0.4 is 5.32 Å². The van der Waals surface area contributed by atoms with E-state index in [-0.39, 0.29) is 5.92 Å². The van der Waals surface area contributed by atoms with E-state index in [1.807, 2.05) is 19.1 Å². The second-order valence-corrected chi connectivity index (χ2v) is 3.21. The average Bonchev–Trinajstić information content (AvgIpc) is 2.05. The Morgan fingerprint density at radius 3 is 2.67 bits per heavy atom. The zero-order valence-electron chi connectivity index (χ0n) is 7.70.